The molecule has 0 atom stereocenters. The van der Waals surface area contributed by atoms with E-state index in [1.54, 1.807) is 0 Å². The number of thiazole rings is 1. The topological polar surface area (TPSA) is 57.6 Å². The number of aromatic amines is 1. The van der Waals surface area contributed by atoms with Crippen molar-refractivity contribution in [1.82, 2.24) is 14.3 Å². The van der Waals surface area contributed by atoms with E-state index in [4.69, 9.17) is 12.2 Å². The van der Waals surface area contributed by atoms with Crippen LogP contribution >= 0.6 is 23.6 Å². The molecule has 3 aromatic rings. The van der Waals surface area contributed by atoms with Crippen molar-refractivity contribution in [3.8, 4) is 0 Å². The van der Waals surface area contributed by atoms with Crippen molar-refractivity contribution >= 4 is 46.0 Å². The Morgan fingerprint density at radius 1 is 1.20 bits per heavy atom. The van der Waals surface area contributed by atoms with Crippen molar-refractivity contribution in [1.29, 1.82) is 0 Å². The third-order valence-corrected chi connectivity index (χ3v) is 6.13. The van der Waals surface area contributed by atoms with Crippen LogP contribution in [0.25, 0.3) is 16.6 Å². The van der Waals surface area contributed by atoms with E-state index in [-0.39, 0.29) is 11.5 Å². The molecule has 0 aliphatic carbocycles. The maximum atomic E-state index is 13.0. The first kappa shape index (κ1) is 16.5. The molecule has 1 aliphatic heterocycles. The molecule has 0 spiro atoms. The first-order valence-electron chi connectivity index (χ1n) is 8.54. The second-order valence-electron chi connectivity index (χ2n) is 6.56. The standard InChI is InChI=1S/C18H19N3O2S2/c1-11-6-7-13-12(10-11)16(22)19-15-14(25-18(24)21(13)15)17(23)20-8-4-2-3-5-9-20/h6-7,10H,2-5,8-9H2,1H3,(H,19,22). The highest BCUT2D eigenvalue weighted by Gasteiger charge is 2.23. The van der Waals surface area contributed by atoms with E-state index >= 15 is 0 Å². The molecule has 1 fully saturated rings. The lowest BCUT2D eigenvalue weighted by Gasteiger charge is -2.19. The maximum absolute atomic E-state index is 13.0. The van der Waals surface area contributed by atoms with Crippen molar-refractivity contribution in [3.63, 3.8) is 0 Å². The smallest absolute Gasteiger partial charge is 0.267 e. The minimum atomic E-state index is -0.184. The van der Waals surface area contributed by atoms with Gasteiger partial charge in [-0.2, -0.15) is 0 Å². The van der Waals surface area contributed by atoms with Gasteiger partial charge in [0.1, 0.15) is 10.5 Å². The number of amides is 1. The number of hydrogen-bond donors (Lipinski definition) is 1. The number of rotatable bonds is 1. The molecule has 0 unspecified atom stereocenters. The number of nitrogens with zero attached hydrogens (tertiary/aromatic N) is 2. The number of aromatic nitrogens is 2. The van der Waals surface area contributed by atoms with Crippen LogP contribution in [0, 0.1) is 10.9 Å². The van der Waals surface area contributed by atoms with Gasteiger partial charge in [-0.1, -0.05) is 35.8 Å². The Morgan fingerprint density at radius 2 is 1.92 bits per heavy atom. The number of carbonyl (C=O) groups excluding carboxylic acids is 1. The molecule has 0 radical (unpaired) electrons. The van der Waals surface area contributed by atoms with Gasteiger partial charge in [0.15, 0.2) is 3.95 Å². The Hall–Kier alpha value is -1.99. The van der Waals surface area contributed by atoms with Crippen molar-refractivity contribution in [2.75, 3.05) is 13.1 Å². The van der Waals surface area contributed by atoms with Crippen LogP contribution in [0.5, 0.6) is 0 Å². The number of benzene rings is 1. The first-order valence-corrected chi connectivity index (χ1v) is 9.76. The van der Waals surface area contributed by atoms with Crippen LogP contribution in [-0.4, -0.2) is 33.3 Å². The van der Waals surface area contributed by atoms with Gasteiger partial charge in [-0.15, -0.1) is 0 Å². The van der Waals surface area contributed by atoms with Crippen molar-refractivity contribution in [2.24, 2.45) is 0 Å². The minimum Gasteiger partial charge on any atom is -0.338 e. The fourth-order valence-electron chi connectivity index (χ4n) is 3.47. The van der Waals surface area contributed by atoms with E-state index in [1.807, 2.05) is 34.4 Å². The summed E-state index contributed by atoms with van der Waals surface area (Å²) in [6, 6.07) is 5.70. The average Bonchev–Trinajstić information content (AvgIpc) is 2.78. The molecule has 3 heterocycles. The normalized spacial score (nSPS) is 15.6. The quantitative estimate of drug-likeness (QED) is 0.658. The summed E-state index contributed by atoms with van der Waals surface area (Å²) in [6.45, 7) is 3.49. The molecule has 130 valence electrons. The van der Waals surface area contributed by atoms with Crippen molar-refractivity contribution in [3.05, 3.63) is 42.9 Å². The van der Waals surface area contributed by atoms with Crippen LogP contribution in [0.3, 0.4) is 0 Å². The number of aryl methyl sites for hydroxylation is 1. The van der Waals surface area contributed by atoms with Crippen molar-refractivity contribution in [2.45, 2.75) is 32.6 Å². The van der Waals surface area contributed by atoms with E-state index in [2.05, 4.69) is 4.98 Å². The van der Waals surface area contributed by atoms with Gasteiger partial charge in [-0.3, -0.25) is 14.0 Å². The second-order valence-corrected chi connectivity index (χ2v) is 8.21. The summed E-state index contributed by atoms with van der Waals surface area (Å²) >= 11 is 6.79. The zero-order valence-corrected chi connectivity index (χ0v) is 15.6. The minimum absolute atomic E-state index is 0.0254. The van der Waals surface area contributed by atoms with Crippen molar-refractivity contribution < 1.29 is 4.79 Å². The highest BCUT2D eigenvalue weighted by molar-refractivity contribution is 7.73. The van der Waals surface area contributed by atoms with E-state index in [0.29, 0.717) is 19.9 Å². The lowest BCUT2D eigenvalue weighted by atomic mass is 10.1. The van der Waals surface area contributed by atoms with Gasteiger partial charge in [0, 0.05) is 13.1 Å². The number of hydrogen-bond acceptors (Lipinski definition) is 4. The Morgan fingerprint density at radius 3 is 2.64 bits per heavy atom. The third kappa shape index (κ3) is 2.81. The van der Waals surface area contributed by atoms with Gasteiger partial charge in [0.2, 0.25) is 0 Å². The molecule has 7 heteroatoms. The molecule has 1 amide bonds. The number of likely N-dealkylation sites (tertiary alicyclic amines) is 1. The maximum Gasteiger partial charge on any atom is 0.267 e. The summed E-state index contributed by atoms with van der Waals surface area (Å²) in [4.78, 5) is 30.9. The predicted octanol–water partition coefficient (Wildman–Crippen LogP) is 3.90. The summed E-state index contributed by atoms with van der Waals surface area (Å²) in [5.74, 6) is -0.0254. The Bertz CT molecular complexity index is 1090. The number of fused-ring (bicyclic) bond motifs is 3. The van der Waals surface area contributed by atoms with Gasteiger partial charge in [-0.25, -0.2) is 0 Å². The zero-order valence-electron chi connectivity index (χ0n) is 14.0. The number of carbonyl (C=O) groups is 1. The Kier molecular flexibility index (Phi) is 4.21. The third-order valence-electron chi connectivity index (χ3n) is 4.77. The molecule has 0 bridgehead atoms. The summed E-state index contributed by atoms with van der Waals surface area (Å²) < 4.78 is 2.40. The first-order chi connectivity index (χ1) is 12.1. The van der Waals surface area contributed by atoms with Crippen LogP contribution in [0.15, 0.2) is 23.0 Å². The van der Waals surface area contributed by atoms with Crippen LogP contribution < -0.4 is 5.56 Å². The van der Waals surface area contributed by atoms with Crippen LogP contribution in [-0.2, 0) is 0 Å². The summed E-state index contributed by atoms with van der Waals surface area (Å²) in [5.41, 5.74) is 2.10. The number of nitrogens with one attached hydrogen (secondary N) is 1. The largest absolute Gasteiger partial charge is 0.338 e. The molecule has 1 N–H and O–H groups in total. The van der Waals surface area contributed by atoms with Crippen LogP contribution in [0.4, 0.5) is 0 Å². The van der Waals surface area contributed by atoms with E-state index in [1.165, 1.54) is 11.3 Å². The number of H-pyrrole nitrogens is 1. The van der Waals surface area contributed by atoms with Crippen LogP contribution in [0.1, 0.15) is 40.9 Å². The van der Waals surface area contributed by atoms with Gasteiger partial charge < -0.3 is 9.88 Å². The second kappa shape index (κ2) is 6.38. The molecule has 1 aromatic carbocycles. The lowest BCUT2D eigenvalue weighted by molar-refractivity contribution is 0.0768. The fourth-order valence-corrected chi connectivity index (χ4v) is 4.82. The summed E-state index contributed by atoms with van der Waals surface area (Å²) in [7, 11) is 0. The molecule has 1 saturated heterocycles. The van der Waals surface area contributed by atoms with Gasteiger partial charge in [-0.05, 0) is 44.1 Å². The highest BCUT2D eigenvalue weighted by Crippen LogP contribution is 2.25. The molecule has 1 aliphatic rings. The van der Waals surface area contributed by atoms with E-state index in [9.17, 15) is 9.59 Å². The molecule has 4 rings (SSSR count). The van der Waals surface area contributed by atoms with Gasteiger partial charge >= 0.3 is 0 Å². The van der Waals surface area contributed by atoms with E-state index in [0.717, 1.165) is 49.9 Å². The predicted molar refractivity (Wildman–Crippen MR) is 103 cm³/mol. The lowest BCUT2D eigenvalue weighted by Crippen LogP contribution is -2.31. The van der Waals surface area contributed by atoms with Crippen LogP contribution in [0.2, 0.25) is 0 Å². The summed E-state index contributed by atoms with van der Waals surface area (Å²) in [5, 5.41) is 0.593. The molecule has 0 saturated carbocycles. The average molecular weight is 374 g/mol. The summed E-state index contributed by atoms with van der Waals surface area (Å²) in [6.07, 6.45) is 4.39. The monoisotopic (exact) mass is 373 g/mol. The van der Waals surface area contributed by atoms with Gasteiger partial charge in [0.25, 0.3) is 11.5 Å². The molecule has 5 nitrogen and oxygen atoms in total. The highest BCUT2D eigenvalue weighted by atomic mass is 32.1. The molecular weight excluding hydrogens is 354 g/mol. The molecular formula is C18H19N3O2S2. The molecule has 25 heavy (non-hydrogen) atoms. The van der Waals surface area contributed by atoms with E-state index < -0.39 is 0 Å². The Labute approximate surface area is 153 Å². The SMILES string of the molecule is Cc1ccc2c(c1)c(=O)[nH]c1c(C(=O)N3CCCCCC3)sc(=S)n12. The van der Waals surface area contributed by atoms with Gasteiger partial charge in [0.05, 0.1) is 10.9 Å². The Balaban J connectivity index is 1.93. The molecule has 2 aromatic heterocycles. The fraction of sp³-hybridized carbons (Fsp3) is 0.389. The zero-order chi connectivity index (χ0) is 17.6.